The molecule has 0 atom stereocenters. The van der Waals surface area contributed by atoms with Crippen LogP contribution in [0, 0.1) is 10.6 Å². The number of likely N-dealkylation sites (tertiary alicyclic amines) is 1. The van der Waals surface area contributed by atoms with E-state index < -0.39 is 5.60 Å². The van der Waals surface area contributed by atoms with Crippen LogP contribution in [-0.2, 0) is 4.74 Å². The van der Waals surface area contributed by atoms with Gasteiger partial charge in [-0.2, -0.15) is 0 Å². The fourth-order valence-electron chi connectivity index (χ4n) is 2.17. The van der Waals surface area contributed by atoms with Crippen LogP contribution in [0.25, 0.3) is 0 Å². The Morgan fingerprint density at radius 1 is 1.32 bits per heavy atom. The molecule has 7 heteroatoms. The molecule has 6 nitrogen and oxygen atoms in total. The van der Waals surface area contributed by atoms with Crippen LogP contribution >= 0.6 is 22.6 Å². The Labute approximate surface area is 144 Å². The van der Waals surface area contributed by atoms with Gasteiger partial charge in [0, 0.05) is 31.5 Å². The van der Waals surface area contributed by atoms with Crippen molar-refractivity contribution in [2.75, 3.05) is 13.1 Å². The summed E-state index contributed by atoms with van der Waals surface area (Å²) in [5.41, 5.74) is 0.497. The van der Waals surface area contributed by atoms with Gasteiger partial charge in [-0.25, -0.2) is 14.8 Å². The van der Waals surface area contributed by atoms with Gasteiger partial charge in [0.25, 0.3) is 0 Å². The number of hydrogen-bond donors (Lipinski definition) is 0. The molecule has 0 bridgehead atoms. The molecular formula is C15H22IN3O3. The number of ether oxygens (including phenoxy) is 2. The van der Waals surface area contributed by atoms with Crippen LogP contribution < -0.4 is 4.74 Å². The summed E-state index contributed by atoms with van der Waals surface area (Å²) in [6.07, 6.45) is 2.89. The van der Waals surface area contributed by atoms with Crippen LogP contribution in [0.5, 0.6) is 5.88 Å². The van der Waals surface area contributed by atoms with Crippen molar-refractivity contribution in [2.24, 2.45) is 0 Å². The molecule has 1 amide bonds. The van der Waals surface area contributed by atoms with Crippen molar-refractivity contribution >= 4 is 28.7 Å². The predicted octanol–water partition coefficient (Wildman–Crippen LogP) is 3.17. The summed E-state index contributed by atoms with van der Waals surface area (Å²) in [6, 6.07) is 0. The van der Waals surface area contributed by atoms with Gasteiger partial charge in [0.05, 0.1) is 0 Å². The van der Waals surface area contributed by atoms with Gasteiger partial charge in [-0.15, -0.1) is 0 Å². The lowest BCUT2D eigenvalue weighted by atomic mass is 10.1. The monoisotopic (exact) mass is 419 g/mol. The average Bonchev–Trinajstić information content (AvgIpc) is 2.43. The summed E-state index contributed by atoms with van der Waals surface area (Å²) in [7, 11) is 0. The summed E-state index contributed by atoms with van der Waals surface area (Å²) in [5, 5.41) is 0. The highest BCUT2D eigenvalue weighted by Gasteiger charge is 2.28. The van der Waals surface area contributed by atoms with Crippen molar-refractivity contribution in [3.63, 3.8) is 0 Å². The van der Waals surface area contributed by atoms with Gasteiger partial charge < -0.3 is 14.4 Å². The van der Waals surface area contributed by atoms with Crippen molar-refractivity contribution in [3.8, 4) is 5.88 Å². The molecule has 1 aliphatic heterocycles. The molecule has 0 saturated carbocycles. The number of carbonyl (C=O) groups excluding carboxylic acids is 1. The van der Waals surface area contributed by atoms with E-state index in [1.807, 2.05) is 27.7 Å². The third kappa shape index (κ3) is 4.69. The molecule has 1 fully saturated rings. The normalized spacial score (nSPS) is 16.5. The third-order valence-electron chi connectivity index (χ3n) is 3.35. The van der Waals surface area contributed by atoms with Crippen molar-refractivity contribution in [1.29, 1.82) is 0 Å². The Hall–Kier alpha value is -1.12. The molecule has 22 heavy (non-hydrogen) atoms. The molecule has 0 radical (unpaired) electrons. The van der Waals surface area contributed by atoms with Crippen molar-refractivity contribution in [3.05, 3.63) is 15.6 Å². The minimum Gasteiger partial charge on any atom is -0.474 e. The molecule has 1 aliphatic rings. The van der Waals surface area contributed by atoms with Gasteiger partial charge in [-0.1, -0.05) is 0 Å². The van der Waals surface area contributed by atoms with E-state index in [-0.39, 0.29) is 12.2 Å². The maximum Gasteiger partial charge on any atom is 0.410 e. The van der Waals surface area contributed by atoms with Crippen LogP contribution in [0.3, 0.4) is 0 Å². The Balaban J connectivity index is 1.87. The Morgan fingerprint density at radius 2 is 1.95 bits per heavy atom. The highest BCUT2D eigenvalue weighted by molar-refractivity contribution is 14.1. The molecule has 1 aromatic heterocycles. The molecule has 0 aliphatic carbocycles. The van der Waals surface area contributed by atoms with Gasteiger partial charge in [0.15, 0.2) is 0 Å². The molecule has 2 heterocycles. The summed E-state index contributed by atoms with van der Waals surface area (Å²) in [5.74, 6) is 0.634. The van der Waals surface area contributed by atoms with Gasteiger partial charge in [-0.05, 0) is 50.3 Å². The molecule has 122 valence electrons. The Kier molecular flexibility index (Phi) is 5.46. The second-order valence-corrected chi connectivity index (χ2v) is 7.40. The molecule has 0 spiro atoms. The predicted molar refractivity (Wildman–Crippen MR) is 90.9 cm³/mol. The molecule has 0 unspecified atom stereocenters. The number of amides is 1. The highest BCUT2D eigenvalue weighted by Crippen LogP contribution is 2.23. The number of halogens is 1. The third-order valence-corrected chi connectivity index (χ3v) is 4.44. The summed E-state index contributed by atoms with van der Waals surface area (Å²) < 4.78 is 12.2. The van der Waals surface area contributed by atoms with Gasteiger partial charge >= 0.3 is 6.09 Å². The van der Waals surface area contributed by atoms with E-state index in [1.54, 1.807) is 4.90 Å². The van der Waals surface area contributed by atoms with E-state index in [0.717, 1.165) is 22.1 Å². The quantitative estimate of drug-likeness (QED) is 0.545. The number of carbonyl (C=O) groups is 1. The zero-order valence-electron chi connectivity index (χ0n) is 13.4. The van der Waals surface area contributed by atoms with Crippen molar-refractivity contribution in [1.82, 2.24) is 14.9 Å². The fraction of sp³-hybridized carbons (Fsp3) is 0.667. The zero-order valence-corrected chi connectivity index (χ0v) is 15.6. The summed E-state index contributed by atoms with van der Waals surface area (Å²) in [6.45, 7) is 8.86. The zero-order chi connectivity index (χ0) is 16.3. The largest absolute Gasteiger partial charge is 0.474 e. The first-order valence-electron chi connectivity index (χ1n) is 7.38. The number of rotatable bonds is 2. The summed E-state index contributed by atoms with van der Waals surface area (Å²) >= 11 is 2.17. The van der Waals surface area contributed by atoms with Crippen LogP contribution in [-0.4, -0.2) is 45.8 Å². The van der Waals surface area contributed by atoms with E-state index in [2.05, 4.69) is 32.6 Å². The van der Waals surface area contributed by atoms with E-state index in [1.165, 1.54) is 6.33 Å². The Bertz CT molecular complexity index is 537. The first-order valence-corrected chi connectivity index (χ1v) is 8.46. The van der Waals surface area contributed by atoms with E-state index in [9.17, 15) is 4.79 Å². The van der Waals surface area contributed by atoms with Gasteiger partial charge in [0.2, 0.25) is 5.88 Å². The first-order chi connectivity index (χ1) is 10.3. The number of hydrogen-bond acceptors (Lipinski definition) is 5. The molecular weight excluding hydrogens is 397 g/mol. The minimum absolute atomic E-state index is 0.0723. The van der Waals surface area contributed by atoms with E-state index in [4.69, 9.17) is 9.47 Å². The number of piperidine rings is 1. The summed E-state index contributed by atoms with van der Waals surface area (Å²) in [4.78, 5) is 22.1. The van der Waals surface area contributed by atoms with Crippen molar-refractivity contribution in [2.45, 2.75) is 52.2 Å². The van der Waals surface area contributed by atoms with E-state index in [0.29, 0.717) is 19.0 Å². The lowest BCUT2D eigenvalue weighted by Gasteiger charge is -2.33. The lowest BCUT2D eigenvalue weighted by Crippen LogP contribution is -2.44. The van der Waals surface area contributed by atoms with Crippen LogP contribution in [0.15, 0.2) is 6.33 Å². The second kappa shape index (κ2) is 6.97. The van der Waals surface area contributed by atoms with Crippen LogP contribution in [0.4, 0.5) is 4.79 Å². The van der Waals surface area contributed by atoms with E-state index >= 15 is 0 Å². The second-order valence-electron chi connectivity index (χ2n) is 6.38. The fourth-order valence-corrected chi connectivity index (χ4v) is 2.53. The van der Waals surface area contributed by atoms with Crippen LogP contribution in [0.1, 0.15) is 39.2 Å². The van der Waals surface area contributed by atoms with Gasteiger partial charge in [0.1, 0.15) is 21.7 Å². The molecule has 1 aromatic rings. The maximum absolute atomic E-state index is 12.0. The van der Waals surface area contributed by atoms with Crippen molar-refractivity contribution < 1.29 is 14.3 Å². The molecule has 0 aromatic carbocycles. The number of nitrogens with zero attached hydrogens (tertiary/aromatic N) is 3. The van der Waals surface area contributed by atoms with Crippen LogP contribution in [0.2, 0.25) is 0 Å². The average molecular weight is 419 g/mol. The molecule has 1 saturated heterocycles. The smallest absolute Gasteiger partial charge is 0.410 e. The highest BCUT2D eigenvalue weighted by atomic mass is 127. The topological polar surface area (TPSA) is 64.6 Å². The van der Waals surface area contributed by atoms with Gasteiger partial charge in [-0.3, -0.25) is 0 Å². The first kappa shape index (κ1) is 17.2. The number of aromatic nitrogens is 2. The molecule has 0 N–H and O–H groups in total. The lowest BCUT2D eigenvalue weighted by molar-refractivity contribution is 0.0122. The Morgan fingerprint density at radius 3 is 2.55 bits per heavy atom. The maximum atomic E-state index is 12.0. The minimum atomic E-state index is -0.459. The standard InChI is InChI=1S/C15H22IN3O3/c1-10-12(16)17-9-18-13(10)21-11-5-7-19(8-6-11)14(20)22-15(2,3)4/h9,11H,5-8H2,1-4H3. The molecule has 2 rings (SSSR count). The SMILES string of the molecule is Cc1c(I)ncnc1OC1CCN(C(=O)OC(C)(C)C)CC1.